The number of hydrogen-bond acceptors (Lipinski definition) is 2. The second-order valence-electron chi connectivity index (χ2n) is 4.88. The lowest BCUT2D eigenvalue weighted by Gasteiger charge is -2.28. The number of carbonyl (C=O) groups is 1. The summed E-state index contributed by atoms with van der Waals surface area (Å²) in [4.78, 5) is 18.5. The molecule has 1 amide bonds. The summed E-state index contributed by atoms with van der Waals surface area (Å²) in [6, 6.07) is 3.94. The van der Waals surface area contributed by atoms with E-state index in [0.29, 0.717) is 11.8 Å². The summed E-state index contributed by atoms with van der Waals surface area (Å²) in [5, 5.41) is 0. The van der Waals surface area contributed by atoms with Gasteiger partial charge < -0.3 is 4.90 Å². The van der Waals surface area contributed by atoms with E-state index >= 15 is 0 Å². The van der Waals surface area contributed by atoms with Crippen molar-refractivity contribution in [2.45, 2.75) is 26.2 Å². The van der Waals surface area contributed by atoms with E-state index in [1.54, 1.807) is 0 Å². The molecule has 2 heterocycles. The molecule has 0 bridgehead atoms. The second-order valence-corrected chi connectivity index (χ2v) is 4.88. The Labute approximate surface area is 95.5 Å². The van der Waals surface area contributed by atoms with Crippen molar-refractivity contribution in [3.63, 3.8) is 0 Å². The Balaban J connectivity index is 1.90. The molecule has 1 aliphatic heterocycles. The van der Waals surface area contributed by atoms with Crippen LogP contribution in [0.25, 0.3) is 0 Å². The van der Waals surface area contributed by atoms with Crippen LogP contribution in [0.1, 0.15) is 25.5 Å². The molecule has 1 fully saturated rings. The van der Waals surface area contributed by atoms with Gasteiger partial charge in [0.2, 0.25) is 5.91 Å². The van der Waals surface area contributed by atoms with E-state index in [-0.39, 0.29) is 5.92 Å². The predicted molar refractivity (Wildman–Crippen MR) is 62.2 cm³/mol. The van der Waals surface area contributed by atoms with Gasteiger partial charge in [0, 0.05) is 18.7 Å². The second kappa shape index (κ2) is 3.58. The van der Waals surface area contributed by atoms with Crippen molar-refractivity contribution >= 4 is 11.6 Å². The van der Waals surface area contributed by atoms with Gasteiger partial charge in [0.05, 0.1) is 11.4 Å². The number of pyridine rings is 1. The van der Waals surface area contributed by atoms with Crippen LogP contribution in [0.2, 0.25) is 0 Å². The van der Waals surface area contributed by atoms with Gasteiger partial charge in [0.1, 0.15) is 0 Å². The predicted octanol–water partition coefficient (Wildman–Crippen LogP) is 2.02. The number of hydrogen-bond donors (Lipinski definition) is 0. The number of amides is 1. The Morgan fingerprint density at radius 1 is 1.56 bits per heavy atom. The molecule has 0 unspecified atom stereocenters. The summed E-state index contributed by atoms with van der Waals surface area (Å²) >= 11 is 0. The highest BCUT2D eigenvalue weighted by atomic mass is 16.2. The molecular formula is C13H16N2O. The highest BCUT2D eigenvalue weighted by Crippen LogP contribution is 2.41. The van der Waals surface area contributed by atoms with Crippen molar-refractivity contribution in [2.75, 3.05) is 11.4 Å². The summed E-state index contributed by atoms with van der Waals surface area (Å²) < 4.78 is 0. The van der Waals surface area contributed by atoms with Crippen molar-refractivity contribution in [3.8, 4) is 0 Å². The topological polar surface area (TPSA) is 33.2 Å². The monoisotopic (exact) mass is 216 g/mol. The molecule has 0 saturated heterocycles. The van der Waals surface area contributed by atoms with Crippen molar-refractivity contribution in [1.82, 2.24) is 4.98 Å². The zero-order valence-corrected chi connectivity index (χ0v) is 9.52. The SMILES string of the molecule is C[C@@H]1C[C@@H]1C(=O)N1CCCc2ncccc21. The van der Waals surface area contributed by atoms with Crippen LogP contribution in [-0.2, 0) is 11.2 Å². The van der Waals surface area contributed by atoms with Crippen molar-refractivity contribution < 1.29 is 4.79 Å². The quantitative estimate of drug-likeness (QED) is 0.719. The van der Waals surface area contributed by atoms with Crippen molar-refractivity contribution in [3.05, 3.63) is 24.0 Å². The van der Waals surface area contributed by atoms with Gasteiger partial charge in [-0.2, -0.15) is 0 Å². The molecule has 2 atom stereocenters. The van der Waals surface area contributed by atoms with Crippen LogP contribution in [-0.4, -0.2) is 17.4 Å². The summed E-state index contributed by atoms with van der Waals surface area (Å²) in [5.41, 5.74) is 2.12. The maximum absolute atomic E-state index is 12.2. The molecule has 0 radical (unpaired) electrons. The molecular weight excluding hydrogens is 200 g/mol. The molecule has 1 aliphatic carbocycles. The lowest BCUT2D eigenvalue weighted by molar-refractivity contribution is -0.120. The molecule has 2 aliphatic rings. The first-order valence-electron chi connectivity index (χ1n) is 6.02. The molecule has 1 aromatic rings. The van der Waals surface area contributed by atoms with Gasteiger partial charge in [0.15, 0.2) is 0 Å². The van der Waals surface area contributed by atoms with E-state index in [2.05, 4.69) is 11.9 Å². The number of carbonyl (C=O) groups excluding carboxylic acids is 1. The molecule has 84 valence electrons. The van der Waals surface area contributed by atoms with Crippen LogP contribution in [0, 0.1) is 11.8 Å². The Hall–Kier alpha value is -1.38. The molecule has 16 heavy (non-hydrogen) atoms. The Bertz CT molecular complexity index is 430. The Kier molecular flexibility index (Phi) is 2.20. The molecule has 3 heteroatoms. The number of fused-ring (bicyclic) bond motifs is 1. The maximum atomic E-state index is 12.2. The average Bonchev–Trinajstić information content (AvgIpc) is 3.05. The zero-order valence-electron chi connectivity index (χ0n) is 9.52. The summed E-state index contributed by atoms with van der Waals surface area (Å²) in [5.74, 6) is 1.15. The minimum absolute atomic E-state index is 0.270. The highest BCUT2D eigenvalue weighted by molar-refractivity contribution is 5.97. The highest BCUT2D eigenvalue weighted by Gasteiger charge is 2.42. The van der Waals surface area contributed by atoms with Gasteiger partial charge in [-0.25, -0.2) is 0 Å². The zero-order chi connectivity index (χ0) is 11.1. The third kappa shape index (κ3) is 1.51. The third-order valence-electron chi connectivity index (χ3n) is 3.65. The summed E-state index contributed by atoms with van der Waals surface area (Å²) in [6.07, 6.45) is 4.91. The van der Waals surface area contributed by atoms with Crippen LogP contribution in [0.5, 0.6) is 0 Å². The van der Waals surface area contributed by atoms with E-state index in [9.17, 15) is 4.79 Å². The molecule has 0 spiro atoms. The number of nitrogens with zero attached hydrogens (tertiary/aromatic N) is 2. The Morgan fingerprint density at radius 2 is 2.38 bits per heavy atom. The van der Waals surface area contributed by atoms with Gasteiger partial charge in [0.25, 0.3) is 0 Å². The van der Waals surface area contributed by atoms with Gasteiger partial charge in [-0.15, -0.1) is 0 Å². The standard InChI is InChI=1S/C13H16N2O/c1-9-8-10(9)13(16)15-7-3-4-11-12(15)5-2-6-14-11/h2,5-6,9-10H,3-4,7-8H2,1H3/t9-,10+/m1/s1. The summed E-state index contributed by atoms with van der Waals surface area (Å²) in [7, 11) is 0. The van der Waals surface area contributed by atoms with Crippen LogP contribution in [0.15, 0.2) is 18.3 Å². The van der Waals surface area contributed by atoms with Gasteiger partial charge in [-0.05, 0) is 37.3 Å². The molecule has 3 rings (SSSR count). The van der Waals surface area contributed by atoms with Gasteiger partial charge >= 0.3 is 0 Å². The lowest BCUT2D eigenvalue weighted by atomic mass is 10.1. The first-order valence-corrected chi connectivity index (χ1v) is 6.02. The lowest BCUT2D eigenvalue weighted by Crippen LogP contribution is -2.37. The molecule has 1 aromatic heterocycles. The third-order valence-corrected chi connectivity index (χ3v) is 3.65. The van der Waals surface area contributed by atoms with E-state index in [0.717, 1.165) is 37.2 Å². The van der Waals surface area contributed by atoms with Crippen LogP contribution < -0.4 is 4.90 Å². The van der Waals surface area contributed by atoms with E-state index in [1.807, 2.05) is 23.2 Å². The number of rotatable bonds is 1. The molecule has 0 N–H and O–H groups in total. The van der Waals surface area contributed by atoms with E-state index in [1.165, 1.54) is 0 Å². The van der Waals surface area contributed by atoms with Crippen LogP contribution >= 0.6 is 0 Å². The number of anilines is 1. The summed E-state index contributed by atoms with van der Waals surface area (Å²) in [6.45, 7) is 3.01. The first-order chi connectivity index (χ1) is 7.77. The minimum Gasteiger partial charge on any atom is -0.310 e. The smallest absolute Gasteiger partial charge is 0.230 e. The maximum Gasteiger partial charge on any atom is 0.230 e. The van der Waals surface area contributed by atoms with Crippen LogP contribution in [0.4, 0.5) is 5.69 Å². The fraction of sp³-hybridized carbons (Fsp3) is 0.538. The van der Waals surface area contributed by atoms with E-state index in [4.69, 9.17) is 0 Å². The normalized spacial score (nSPS) is 27.4. The van der Waals surface area contributed by atoms with E-state index < -0.39 is 0 Å². The van der Waals surface area contributed by atoms with Crippen LogP contribution in [0.3, 0.4) is 0 Å². The fourth-order valence-corrected chi connectivity index (χ4v) is 2.49. The van der Waals surface area contributed by atoms with Crippen molar-refractivity contribution in [2.24, 2.45) is 11.8 Å². The van der Waals surface area contributed by atoms with Gasteiger partial charge in [-0.1, -0.05) is 6.92 Å². The molecule has 1 saturated carbocycles. The Morgan fingerprint density at radius 3 is 3.12 bits per heavy atom. The molecule has 3 nitrogen and oxygen atoms in total. The fourth-order valence-electron chi connectivity index (χ4n) is 2.49. The average molecular weight is 216 g/mol. The minimum atomic E-state index is 0.270. The number of aryl methyl sites for hydroxylation is 1. The largest absolute Gasteiger partial charge is 0.310 e. The number of aromatic nitrogens is 1. The first kappa shape index (κ1) is 9.82. The van der Waals surface area contributed by atoms with Gasteiger partial charge in [-0.3, -0.25) is 9.78 Å². The van der Waals surface area contributed by atoms with Crippen molar-refractivity contribution in [1.29, 1.82) is 0 Å². The molecule has 0 aromatic carbocycles.